The molecule has 0 spiro atoms. The van der Waals surface area contributed by atoms with Crippen LogP contribution in [0.15, 0.2) is 30.3 Å². The second-order valence-electron chi connectivity index (χ2n) is 4.61. The molecule has 0 fully saturated rings. The van der Waals surface area contributed by atoms with Crippen molar-refractivity contribution in [1.29, 1.82) is 0 Å². The molecule has 1 nitrogen and oxygen atoms in total. The van der Waals surface area contributed by atoms with E-state index in [1.165, 1.54) is 5.56 Å². The summed E-state index contributed by atoms with van der Waals surface area (Å²) in [4.78, 5) is 0. The first kappa shape index (κ1) is 14.0. The molecule has 0 aliphatic carbocycles. The summed E-state index contributed by atoms with van der Waals surface area (Å²) < 4.78 is 5.76. The SMILES string of the molecule is CC(C)CC(Cl)[SiH](Cc1ccccc1)O[SiH3]. The van der Waals surface area contributed by atoms with Crippen LogP contribution in [0.2, 0.25) is 0 Å². The number of halogens is 1. The highest BCUT2D eigenvalue weighted by molar-refractivity contribution is 6.66. The summed E-state index contributed by atoms with van der Waals surface area (Å²) in [5.41, 5.74) is 1.37. The van der Waals surface area contributed by atoms with Crippen molar-refractivity contribution in [2.45, 2.75) is 31.3 Å². The summed E-state index contributed by atoms with van der Waals surface area (Å²) in [6.07, 6.45) is 1.08. The summed E-state index contributed by atoms with van der Waals surface area (Å²) in [6.45, 7) is 4.44. The zero-order valence-corrected chi connectivity index (χ0v) is 14.2. The highest BCUT2D eigenvalue weighted by Gasteiger charge is 2.22. The Balaban J connectivity index is 2.55. The van der Waals surface area contributed by atoms with Crippen molar-refractivity contribution in [3.05, 3.63) is 35.9 Å². The Hall–Kier alpha value is -0.0962. The Morgan fingerprint density at radius 2 is 1.94 bits per heavy atom. The third-order valence-corrected chi connectivity index (χ3v) is 8.08. The van der Waals surface area contributed by atoms with E-state index in [1.807, 2.05) is 6.07 Å². The molecule has 0 amide bonds. The number of benzene rings is 1. The predicted molar refractivity (Wildman–Crippen MR) is 77.4 cm³/mol. The predicted octanol–water partition coefficient (Wildman–Crippen LogP) is 1.98. The molecule has 0 radical (unpaired) electrons. The van der Waals surface area contributed by atoms with E-state index in [4.69, 9.17) is 15.7 Å². The largest absolute Gasteiger partial charge is 0.464 e. The minimum absolute atomic E-state index is 0.262. The van der Waals surface area contributed by atoms with Gasteiger partial charge in [-0.3, -0.25) is 0 Å². The Morgan fingerprint density at radius 1 is 1.31 bits per heavy atom. The summed E-state index contributed by atoms with van der Waals surface area (Å²) in [5.74, 6) is 0.657. The number of hydrogen-bond acceptors (Lipinski definition) is 1. The average molecular weight is 273 g/mol. The van der Waals surface area contributed by atoms with Crippen molar-refractivity contribution in [2.75, 3.05) is 0 Å². The van der Waals surface area contributed by atoms with Crippen LogP contribution in [0.5, 0.6) is 0 Å². The van der Waals surface area contributed by atoms with Gasteiger partial charge in [-0.05, 0) is 23.9 Å². The fraction of sp³-hybridized carbons (Fsp3) is 0.500. The molecular formula is C12H21ClOSi2. The van der Waals surface area contributed by atoms with Gasteiger partial charge in [-0.15, -0.1) is 11.6 Å². The van der Waals surface area contributed by atoms with E-state index < -0.39 is 9.04 Å². The lowest BCUT2D eigenvalue weighted by Crippen LogP contribution is -2.33. The Morgan fingerprint density at radius 3 is 2.44 bits per heavy atom. The number of hydrogen-bond donors (Lipinski definition) is 0. The monoisotopic (exact) mass is 272 g/mol. The zero-order valence-electron chi connectivity index (χ0n) is 10.3. The van der Waals surface area contributed by atoms with Crippen LogP contribution in [-0.2, 0) is 10.2 Å². The molecule has 0 saturated carbocycles. The maximum absolute atomic E-state index is 6.45. The van der Waals surface area contributed by atoms with Gasteiger partial charge in [0.25, 0.3) is 0 Å². The Bertz CT molecular complexity index is 292. The summed E-state index contributed by atoms with van der Waals surface area (Å²) in [6, 6.07) is 11.6. The van der Waals surface area contributed by atoms with Gasteiger partial charge in [0.1, 0.15) is 10.5 Å². The molecule has 0 heterocycles. The van der Waals surface area contributed by atoms with E-state index in [9.17, 15) is 0 Å². The lowest BCUT2D eigenvalue weighted by molar-refractivity contribution is 0.561. The van der Waals surface area contributed by atoms with Gasteiger partial charge in [0, 0.05) is 5.00 Å². The van der Waals surface area contributed by atoms with E-state index in [1.54, 1.807) is 0 Å². The van der Waals surface area contributed by atoms with Crippen LogP contribution < -0.4 is 0 Å². The first-order chi connectivity index (χ1) is 7.63. The van der Waals surface area contributed by atoms with E-state index in [0.717, 1.165) is 23.0 Å². The van der Waals surface area contributed by atoms with Crippen LogP contribution in [0.1, 0.15) is 25.8 Å². The average Bonchev–Trinajstić information content (AvgIpc) is 2.26. The van der Waals surface area contributed by atoms with Crippen LogP contribution in [0, 0.1) is 5.92 Å². The molecule has 0 N–H and O–H groups in total. The highest BCUT2D eigenvalue weighted by Crippen LogP contribution is 2.17. The van der Waals surface area contributed by atoms with Gasteiger partial charge in [0.2, 0.25) is 0 Å². The third kappa shape index (κ3) is 4.83. The van der Waals surface area contributed by atoms with Crippen molar-refractivity contribution >= 4 is 31.1 Å². The maximum Gasteiger partial charge on any atom is 0.184 e. The quantitative estimate of drug-likeness (QED) is 0.569. The van der Waals surface area contributed by atoms with Gasteiger partial charge in [-0.1, -0.05) is 44.2 Å². The first-order valence-corrected chi connectivity index (χ1v) is 9.05. The van der Waals surface area contributed by atoms with Gasteiger partial charge in [0.05, 0.1) is 0 Å². The molecule has 2 unspecified atom stereocenters. The second-order valence-corrected chi connectivity index (χ2v) is 9.77. The first-order valence-electron chi connectivity index (χ1n) is 5.84. The zero-order chi connectivity index (χ0) is 12.0. The molecule has 4 heteroatoms. The molecular weight excluding hydrogens is 252 g/mol. The van der Waals surface area contributed by atoms with Crippen molar-refractivity contribution < 1.29 is 4.12 Å². The lowest BCUT2D eigenvalue weighted by Gasteiger charge is -2.21. The Kier molecular flexibility index (Phi) is 6.35. The fourth-order valence-electron chi connectivity index (χ4n) is 1.81. The van der Waals surface area contributed by atoms with Crippen molar-refractivity contribution in [2.24, 2.45) is 5.92 Å². The molecule has 1 aromatic rings. The normalized spacial score (nSPS) is 15.2. The molecule has 1 aromatic carbocycles. The van der Waals surface area contributed by atoms with Gasteiger partial charge >= 0.3 is 0 Å². The molecule has 16 heavy (non-hydrogen) atoms. The van der Waals surface area contributed by atoms with Crippen molar-refractivity contribution in [1.82, 2.24) is 0 Å². The topological polar surface area (TPSA) is 9.23 Å². The molecule has 0 aromatic heterocycles. The molecule has 0 saturated heterocycles. The van der Waals surface area contributed by atoms with Gasteiger partial charge in [-0.2, -0.15) is 0 Å². The van der Waals surface area contributed by atoms with Crippen LogP contribution in [0.3, 0.4) is 0 Å². The summed E-state index contributed by atoms with van der Waals surface area (Å²) >= 11 is 6.45. The minimum atomic E-state index is -1.26. The van der Waals surface area contributed by atoms with Crippen molar-refractivity contribution in [3.8, 4) is 0 Å². The maximum atomic E-state index is 6.45. The second kappa shape index (κ2) is 7.27. The van der Waals surface area contributed by atoms with Crippen LogP contribution >= 0.6 is 11.6 Å². The van der Waals surface area contributed by atoms with Crippen LogP contribution in [-0.4, -0.2) is 24.5 Å². The van der Waals surface area contributed by atoms with E-state index in [-0.39, 0.29) is 5.00 Å². The number of rotatable bonds is 6. The standard InChI is InChI=1S/C12H21ClOSi2/c1-10(2)8-12(13)16(14-15)9-11-6-4-3-5-7-11/h3-7,10,12,16H,8-9H2,1-2,15H3. The van der Waals surface area contributed by atoms with E-state index in [2.05, 4.69) is 38.1 Å². The number of alkyl halides is 1. The third-order valence-electron chi connectivity index (χ3n) is 2.68. The minimum Gasteiger partial charge on any atom is -0.464 e. The van der Waals surface area contributed by atoms with E-state index in [0.29, 0.717) is 5.92 Å². The van der Waals surface area contributed by atoms with Crippen LogP contribution in [0.25, 0.3) is 0 Å². The van der Waals surface area contributed by atoms with Gasteiger partial charge < -0.3 is 4.12 Å². The van der Waals surface area contributed by atoms with Gasteiger partial charge in [0.15, 0.2) is 9.04 Å². The highest BCUT2D eigenvalue weighted by atomic mass is 35.5. The Labute approximate surface area is 108 Å². The molecule has 2 atom stereocenters. The summed E-state index contributed by atoms with van der Waals surface area (Å²) in [7, 11) is -0.454. The van der Waals surface area contributed by atoms with Crippen molar-refractivity contribution in [3.63, 3.8) is 0 Å². The molecule has 0 aliphatic rings. The molecule has 0 aliphatic heterocycles. The van der Waals surface area contributed by atoms with Gasteiger partial charge in [-0.25, -0.2) is 0 Å². The smallest absolute Gasteiger partial charge is 0.184 e. The molecule has 1 rings (SSSR count). The van der Waals surface area contributed by atoms with E-state index >= 15 is 0 Å². The molecule has 90 valence electrons. The lowest BCUT2D eigenvalue weighted by atomic mass is 10.2. The summed E-state index contributed by atoms with van der Waals surface area (Å²) in [5, 5.41) is 0.262. The molecule has 0 bridgehead atoms. The fourth-order valence-corrected chi connectivity index (χ4v) is 7.05. The van der Waals surface area contributed by atoms with Crippen LogP contribution in [0.4, 0.5) is 0 Å².